The van der Waals surface area contributed by atoms with Crippen molar-refractivity contribution in [3.8, 4) is 0 Å². The molecule has 10 nitrogen and oxygen atoms in total. The Morgan fingerprint density at radius 2 is 1.91 bits per heavy atom. The molecule has 0 aromatic heterocycles. The van der Waals surface area contributed by atoms with Gasteiger partial charge in [0.05, 0.1) is 24.2 Å². The van der Waals surface area contributed by atoms with Crippen LogP contribution in [0.4, 0.5) is 5.69 Å². The van der Waals surface area contributed by atoms with E-state index in [9.17, 15) is 24.5 Å². The largest absolute Gasteiger partial charge is 0.468 e. The molecule has 2 aliphatic rings. The summed E-state index contributed by atoms with van der Waals surface area (Å²) in [6.45, 7) is 5.25. The van der Waals surface area contributed by atoms with E-state index in [-0.39, 0.29) is 36.0 Å². The zero-order chi connectivity index (χ0) is 25.2. The van der Waals surface area contributed by atoms with E-state index in [1.807, 2.05) is 0 Å². The molecule has 1 aromatic carbocycles. The number of allylic oxidation sites excluding steroid dienone is 3. The molecule has 0 spiro atoms. The van der Waals surface area contributed by atoms with Crippen LogP contribution in [-0.2, 0) is 28.6 Å². The van der Waals surface area contributed by atoms with Crippen molar-refractivity contribution in [2.75, 3.05) is 27.4 Å². The first kappa shape index (κ1) is 25.1. The SMILES string of the molecule is COCCOC(=O)C1=C(C)NC2=C(C(=O)[C@@H](C(=O)OC)[C@H](C)C2)[C@@H]1c1ccc(C)c([N+](=O)[O-])c1. The number of Topliss-reactive ketones (excluding diaryl/α,β-unsaturated/α-hetero) is 1. The smallest absolute Gasteiger partial charge is 0.336 e. The van der Waals surface area contributed by atoms with Gasteiger partial charge in [0.25, 0.3) is 5.69 Å². The highest BCUT2D eigenvalue weighted by Gasteiger charge is 2.47. The summed E-state index contributed by atoms with van der Waals surface area (Å²) in [5, 5.41) is 14.8. The molecule has 0 unspecified atom stereocenters. The molecule has 1 aliphatic heterocycles. The lowest BCUT2D eigenvalue weighted by molar-refractivity contribution is -0.385. The molecule has 182 valence electrons. The van der Waals surface area contributed by atoms with Gasteiger partial charge in [-0.2, -0.15) is 0 Å². The van der Waals surface area contributed by atoms with Crippen molar-refractivity contribution in [1.29, 1.82) is 0 Å². The van der Waals surface area contributed by atoms with Gasteiger partial charge in [0.15, 0.2) is 5.78 Å². The summed E-state index contributed by atoms with van der Waals surface area (Å²) in [6.07, 6.45) is 0.370. The Labute approximate surface area is 197 Å². The van der Waals surface area contributed by atoms with Crippen LogP contribution < -0.4 is 5.32 Å². The number of nitrogens with zero attached hydrogens (tertiary/aromatic N) is 1. The summed E-state index contributed by atoms with van der Waals surface area (Å²) in [5.41, 5.74) is 2.12. The lowest BCUT2D eigenvalue weighted by atomic mass is 9.69. The molecule has 1 heterocycles. The molecule has 0 amide bonds. The first-order valence-corrected chi connectivity index (χ1v) is 10.9. The topological polar surface area (TPSA) is 134 Å². The van der Waals surface area contributed by atoms with Gasteiger partial charge in [-0.3, -0.25) is 19.7 Å². The summed E-state index contributed by atoms with van der Waals surface area (Å²) >= 11 is 0. The van der Waals surface area contributed by atoms with Crippen LogP contribution in [-0.4, -0.2) is 50.1 Å². The average Bonchev–Trinajstić information content (AvgIpc) is 2.78. The van der Waals surface area contributed by atoms with Gasteiger partial charge in [-0.05, 0) is 31.7 Å². The molecule has 0 saturated heterocycles. The number of carbonyl (C=O) groups is 3. The van der Waals surface area contributed by atoms with E-state index in [1.54, 1.807) is 32.9 Å². The lowest BCUT2D eigenvalue weighted by Crippen LogP contribution is -2.43. The first-order chi connectivity index (χ1) is 16.1. The minimum absolute atomic E-state index is 0.00541. The number of benzene rings is 1. The molecule has 1 aliphatic carbocycles. The van der Waals surface area contributed by atoms with Crippen molar-refractivity contribution in [2.24, 2.45) is 11.8 Å². The number of dihydropyridines is 1. The molecule has 0 radical (unpaired) electrons. The summed E-state index contributed by atoms with van der Waals surface area (Å²) in [5.74, 6) is -4.13. The van der Waals surface area contributed by atoms with Crippen molar-refractivity contribution in [3.63, 3.8) is 0 Å². The number of ketones is 1. The van der Waals surface area contributed by atoms with Gasteiger partial charge in [-0.15, -0.1) is 0 Å². The molecule has 3 atom stereocenters. The van der Waals surface area contributed by atoms with Gasteiger partial charge in [0.1, 0.15) is 12.5 Å². The molecule has 1 aromatic rings. The highest BCUT2D eigenvalue weighted by Crippen LogP contribution is 2.46. The number of ether oxygens (including phenoxy) is 3. The van der Waals surface area contributed by atoms with Crippen LogP contribution in [0.1, 0.15) is 37.3 Å². The van der Waals surface area contributed by atoms with E-state index in [0.717, 1.165) is 0 Å². The Hall–Kier alpha value is -3.53. The van der Waals surface area contributed by atoms with E-state index < -0.39 is 34.5 Å². The van der Waals surface area contributed by atoms with Crippen molar-refractivity contribution < 1.29 is 33.5 Å². The van der Waals surface area contributed by atoms with Crippen LogP contribution >= 0.6 is 0 Å². The van der Waals surface area contributed by atoms with Gasteiger partial charge in [0, 0.05) is 41.6 Å². The zero-order valence-electron chi connectivity index (χ0n) is 19.8. The molecule has 0 bridgehead atoms. The number of nitro benzene ring substituents is 1. The molecule has 10 heteroatoms. The molecular weight excluding hydrogens is 444 g/mol. The predicted molar refractivity (Wildman–Crippen MR) is 121 cm³/mol. The maximum absolute atomic E-state index is 13.6. The summed E-state index contributed by atoms with van der Waals surface area (Å²) in [7, 11) is 2.69. The summed E-state index contributed by atoms with van der Waals surface area (Å²) < 4.78 is 15.2. The van der Waals surface area contributed by atoms with Crippen LogP contribution in [0.15, 0.2) is 40.7 Å². The van der Waals surface area contributed by atoms with Gasteiger partial charge in [-0.25, -0.2) is 4.79 Å². The second-order valence-electron chi connectivity index (χ2n) is 8.47. The Kier molecular flexibility index (Phi) is 7.51. The van der Waals surface area contributed by atoms with Crippen molar-refractivity contribution in [2.45, 2.75) is 33.1 Å². The summed E-state index contributed by atoms with van der Waals surface area (Å²) in [4.78, 5) is 50.3. The van der Waals surface area contributed by atoms with Crippen LogP contribution in [0.2, 0.25) is 0 Å². The van der Waals surface area contributed by atoms with E-state index in [4.69, 9.17) is 14.2 Å². The number of carbonyl (C=O) groups excluding carboxylic acids is 3. The minimum Gasteiger partial charge on any atom is -0.468 e. The van der Waals surface area contributed by atoms with Crippen molar-refractivity contribution in [1.82, 2.24) is 5.32 Å². The normalized spacial score (nSPS) is 22.1. The monoisotopic (exact) mass is 472 g/mol. The van der Waals surface area contributed by atoms with Gasteiger partial charge in [-0.1, -0.05) is 19.1 Å². The Bertz CT molecular complexity index is 1100. The second kappa shape index (κ2) is 10.2. The Morgan fingerprint density at radius 3 is 2.53 bits per heavy atom. The zero-order valence-corrected chi connectivity index (χ0v) is 19.8. The Balaban J connectivity index is 2.19. The quantitative estimate of drug-likeness (QED) is 0.209. The van der Waals surface area contributed by atoms with Crippen LogP contribution in [0.5, 0.6) is 0 Å². The number of nitro groups is 1. The number of esters is 2. The van der Waals surface area contributed by atoms with Crippen molar-refractivity contribution >= 4 is 23.4 Å². The molecular formula is C24H28N2O8. The second-order valence-corrected chi connectivity index (χ2v) is 8.47. The number of hydrogen-bond acceptors (Lipinski definition) is 9. The number of rotatable bonds is 7. The fourth-order valence-electron chi connectivity index (χ4n) is 4.58. The van der Waals surface area contributed by atoms with Crippen LogP contribution in [0.3, 0.4) is 0 Å². The molecule has 34 heavy (non-hydrogen) atoms. The first-order valence-electron chi connectivity index (χ1n) is 10.9. The Morgan fingerprint density at radius 1 is 1.21 bits per heavy atom. The number of methoxy groups -OCH3 is 2. The van der Waals surface area contributed by atoms with E-state index in [1.165, 1.54) is 20.3 Å². The third-order valence-electron chi connectivity index (χ3n) is 6.25. The fraction of sp³-hybridized carbons (Fsp3) is 0.458. The average molecular weight is 472 g/mol. The lowest BCUT2D eigenvalue weighted by Gasteiger charge is -2.38. The number of aryl methyl sites for hydroxylation is 1. The molecule has 0 fully saturated rings. The molecule has 3 rings (SSSR count). The highest BCUT2D eigenvalue weighted by atomic mass is 16.6. The summed E-state index contributed by atoms with van der Waals surface area (Å²) in [6, 6.07) is 4.59. The van der Waals surface area contributed by atoms with E-state index in [0.29, 0.717) is 28.9 Å². The third-order valence-corrected chi connectivity index (χ3v) is 6.25. The number of nitrogens with one attached hydrogen (secondary N) is 1. The molecule has 0 saturated carbocycles. The van der Waals surface area contributed by atoms with Gasteiger partial charge in [0.2, 0.25) is 0 Å². The maximum Gasteiger partial charge on any atom is 0.336 e. The molecule has 1 N–H and O–H groups in total. The van der Waals surface area contributed by atoms with E-state index >= 15 is 0 Å². The minimum atomic E-state index is -1.04. The van der Waals surface area contributed by atoms with Gasteiger partial charge < -0.3 is 19.5 Å². The predicted octanol–water partition coefficient (Wildman–Crippen LogP) is 2.71. The van der Waals surface area contributed by atoms with Gasteiger partial charge >= 0.3 is 11.9 Å². The standard InChI is InChI=1S/C24H28N2O8/c1-12-6-7-15(11-17(12)26(30)31)20-19(24(29)34-9-8-32-4)14(3)25-16-10-13(2)18(23(28)33-5)22(27)21(16)20/h6-7,11,13,18,20,25H,8-10H2,1-5H3/t13-,18+,20-/m1/s1. The third kappa shape index (κ3) is 4.58. The fourth-order valence-corrected chi connectivity index (χ4v) is 4.58. The number of hydrogen-bond donors (Lipinski definition) is 1. The highest BCUT2D eigenvalue weighted by molar-refractivity contribution is 6.12. The van der Waals surface area contributed by atoms with Crippen LogP contribution in [0.25, 0.3) is 0 Å². The maximum atomic E-state index is 13.6. The van der Waals surface area contributed by atoms with Crippen molar-refractivity contribution in [3.05, 3.63) is 62.0 Å². The van der Waals surface area contributed by atoms with Crippen LogP contribution in [0, 0.1) is 28.9 Å². The van der Waals surface area contributed by atoms with E-state index in [2.05, 4.69) is 5.32 Å².